The van der Waals surface area contributed by atoms with E-state index in [0.29, 0.717) is 11.6 Å². The maximum atomic E-state index is 9.25. The van der Waals surface area contributed by atoms with Crippen LogP contribution in [-0.4, -0.2) is 15.3 Å². The molecule has 4 nitrogen and oxygen atoms in total. The van der Waals surface area contributed by atoms with Gasteiger partial charge in [0.25, 0.3) is 0 Å². The molecule has 1 heterocycles. The first-order valence-electron chi connectivity index (χ1n) is 4.92. The smallest absolute Gasteiger partial charge is 0.134 e. The molecule has 16 heavy (non-hydrogen) atoms. The molecule has 1 aromatic carbocycles. The molecule has 0 radical (unpaired) electrons. The van der Waals surface area contributed by atoms with Crippen molar-refractivity contribution < 1.29 is 5.11 Å². The van der Waals surface area contributed by atoms with Gasteiger partial charge in [-0.3, -0.25) is 5.10 Å². The number of phenols is 1. The van der Waals surface area contributed by atoms with Crippen LogP contribution in [0.25, 0.3) is 0 Å². The summed E-state index contributed by atoms with van der Waals surface area (Å²) in [4.78, 5) is 0. The van der Waals surface area contributed by atoms with Gasteiger partial charge in [-0.05, 0) is 23.8 Å². The number of aromatic nitrogens is 2. The maximum absolute atomic E-state index is 9.25. The van der Waals surface area contributed by atoms with Gasteiger partial charge in [-0.25, -0.2) is 0 Å². The van der Waals surface area contributed by atoms with Crippen LogP contribution in [0.5, 0.6) is 5.75 Å². The second-order valence-electron chi connectivity index (χ2n) is 3.47. The van der Waals surface area contributed by atoms with E-state index in [0.717, 1.165) is 17.8 Å². The van der Waals surface area contributed by atoms with Crippen LogP contribution in [0.4, 0.5) is 0 Å². The molecule has 0 fully saturated rings. The lowest BCUT2D eigenvalue weighted by molar-refractivity contribution is 0.475. The fourth-order valence-electron chi connectivity index (χ4n) is 1.39. The maximum Gasteiger partial charge on any atom is 0.134 e. The van der Waals surface area contributed by atoms with E-state index in [-0.39, 0.29) is 5.75 Å². The van der Waals surface area contributed by atoms with Crippen molar-refractivity contribution >= 4 is 11.6 Å². The lowest BCUT2D eigenvalue weighted by atomic mass is 10.2. The molecule has 0 bridgehead atoms. The van der Waals surface area contributed by atoms with E-state index in [4.69, 9.17) is 11.6 Å². The minimum Gasteiger partial charge on any atom is -0.506 e. The number of hydrogen-bond donors (Lipinski definition) is 3. The molecule has 3 N–H and O–H groups in total. The molecule has 0 aliphatic heterocycles. The number of aromatic amines is 1. The van der Waals surface area contributed by atoms with E-state index in [1.807, 2.05) is 12.1 Å². The fraction of sp³-hybridized carbons (Fsp3) is 0.182. The monoisotopic (exact) mass is 237 g/mol. The predicted molar refractivity (Wildman–Crippen MR) is 62.2 cm³/mol. The Balaban J connectivity index is 1.87. The van der Waals surface area contributed by atoms with Gasteiger partial charge in [0.05, 0.1) is 5.02 Å². The summed E-state index contributed by atoms with van der Waals surface area (Å²) in [5.74, 6) is 0.110. The molecule has 0 spiro atoms. The number of aromatic hydroxyl groups is 1. The topological polar surface area (TPSA) is 60.9 Å². The summed E-state index contributed by atoms with van der Waals surface area (Å²) >= 11 is 5.80. The molecule has 2 aromatic rings. The van der Waals surface area contributed by atoms with Crippen molar-refractivity contribution in [2.75, 3.05) is 0 Å². The van der Waals surface area contributed by atoms with Crippen molar-refractivity contribution in [3.63, 3.8) is 0 Å². The second kappa shape index (κ2) is 5.01. The molecular formula is C11H12ClN3O. The highest BCUT2D eigenvalue weighted by molar-refractivity contribution is 6.32. The van der Waals surface area contributed by atoms with Gasteiger partial charge < -0.3 is 10.4 Å². The number of hydrogen-bond acceptors (Lipinski definition) is 3. The fourth-order valence-corrected chi connectivity index (χ4v) is 1.59. The highest BCUT2D eigenvalue weighted by Gasteiger charge is 2.00. The minimum absolute atomic E-state index is 0.110. The van der Waals surface area contributed by atoms with Crippen molar-refractivity contribution in [1.82, 2.24) is 15.5 Å². The quantitative estimate of drug-likeness (QED) is 0.763. The van der Waals surface area contributed by atoms with Crippen LogP contribution in [0.2, 0.25) is 5.02 Å². The van der Waals surface area contributed by atoms with Gasteiger partial charge in [0, 0.05) is 25.0 Å². The average molecular weight is 238 g/mol. The Labute approximate surface area is 98.3 Å². The summed E-state index contributed by atoms with van der Waals surface area (Å²) in [5, 5.41) is 19.6. The summed E-state index contributed by atoms with van der Waals surface area (Å²) in [7, 11) is 0. The molecule has 2 rings (SSSR count). The van der Waals surface area contributed by atoms with Crippen LogP contribution in [0.3, 0.4) is 0 Å². The van der Waals surface area contributed by atoms with Gasteiger partial charge in [-0.1, -0.05) is 17.7 Å². The Morgan fingerprint density at radius 2 is 2.19 bits per heavy atom. The minimum atomic E-state index is 0.110. The zero-order valence-electron chi connectivity index (χ0n) is 8.57. The third kappa shape index (κ3) is 2.74. The Hall–Kier alpha value is -1.52. The predicted octanol–water partition coefficient (Wildman–Crippen LogP) is 2.06. The van der Waals surface area contributed by atoms with Gasteiger partial charge >= 0.3 is 0 Å². The van der Waals surface area contributed by atoms with E-state index in [1.165, 1.54) is 0 Å². The average Bonchev–Trinajstić information content (AvgIpc) is 2.76. The third-order valence-electron chi connectivity index (χ3n) is 2.22. The van der Waals surface area contributed by atoms with E-state index in [9.17, 15) is 5.11 Å². The van der Waals surface area contributed by atoms with Crippen molar-refractivity contribution in [2.45, 2.75) is 13.1 Å². The SMILES string of the molecule is Oc1ccc(CNCc2ccn[nH]2)cc1Cl. The number of H-pyrrole nitrogens is 1. The lowest BCUT2D eigenvalue weighted by Gasteiger charge is -2.04. The van der Waals surface area contributed by atoms with Gasteiger partial charge in [0.15, 0.2) is 0 Å². The largest absolute Gasteiger partial charge is 0.506 e. The van der Waals surface area contributed by atoms with Crippen molar-refractivity contribution in [3.05, 3.63) is 46.7 Å². The number of phenolic OH excluding ortho intramolecular Hbond substituents is 1. The van der Waals surface area contributed by atoms with E-state index in [1.54, 1.807) is 18.3 Å². The molecule has 0 saturated heterocycles. The molecule has 0 atom stereocenters. The normalized spacial score (nSPS) is 10.6. The highest BCUT2D eigenvalue weighted by atomic mass is 35.5. The number of benzene rings is 1. The summed E-state index contributed by atoms with van der Waals surface area (Å²) in [6.07, 6.45) is 1.72. The molecule has 0 aliphatic carbocycles. The van der Waals surface area contributed by atoms with Gasteiger partial charge in [-0.15, -0.1) is 0 Å². The summed E-state index contributed by atoms with van der Waals surface area (Å²) < 4.78 is 0. The lowest BCUT2D eigenvalue weighted by Crippen LogP contribution is -2.12. The Bertz CT molecular complexity index is 456. The summed E-state index contributed by atoms with van der Waals surface area (Å²) in [5.41, 5.74) is 2.06. The van der Waals surface area contributed by atoms with Crippen LogP contribution >= 0.6 is 11.6 Å². The number of halogens is 1. The first kappa shape index (κ1) is 11.0. The Morgan fingerprint density at radius 3 is 2.88 bits per heavy atom. The van der Waals surface area contributed by atoms with E-state index in [2.05, 4.69) is 15.5 Å². The molecule has 0 unspecified atom stereocenters. The summed E-state index contributed by atoms with van der Waals surface area (Å²) in [6, 6.07) is 7.09. The first-order chi connectivity index (χ1) is 7.75. The first-order valence-corrected chi connectivity index (χ1v) is 5.30. The molecular weight excluding hydrogens is 226 g/mol. The summed E-state index contributed by atoms with van der Waals surface area (Å²) in [6.45, 7) is 1.41. The third-order valence-corrected chi connectivity index (χ3v) is 2.52. The van der Waals surface area contributed by atoms with Gasteiger partial charge in [-0.2, -0.15) is 5.10 Å². The van der Waals surface area contributed by atoms with Crippen LogP contribution in [0.15, 0.2) is 30.5 Å². The standard InChI is InChI=1S/C11H12ClN3O/c12-10-5-8(1-2-11(10)16)6-13-7-9-3-4-14-15-9/h1-5,13,16H,6-7H2,(H,14,15). The Morgan fingerprint density at radius 1 is 1.31 bits per heavy atom. The molecule has 5 heteroatoms. The molecule has 1 aromatic heterocycles. The molecule has 0 aliphatic rings. The Kier molecular flexibility index (Phi) is 3.44. The zero-order chi connectivity index (χ0) is 11.4. The van der Waals surface area contributed by atoms with Crippen LogP contribution < -0.4 is 5.32 Å². The number of nitrogens with zero attached hydrogens (tertiary/aromatic N) is 1. The van der Waals surface area contributed by atoms with Crippen LogP contribution in [0, 0.1) is 0 Å². The zero-order valence-corrected chi connectivity index (χ0v) is 9.33. The number of nitrogens with one attached hydrogen (secondary N) is 2. The van der Waals surface area contributed by atoms with E-state index >= 15 is 0 Å². The number of rotatable bonds is 4. The molecule has 0 saturated carbocycles. The van der Waals surface area contributed by atoms with Crippen LogP contribution in [-0.2, 0) is 13.1 Å². The second-order valence-corrected chi connectivity index (χ2v) is 3.88. The van der Waals surface area contributed by atoms with Gasteiger partial charge in [0.2, 0.25) is 0 Å². The molecule has 0 amide bonds. The van der Waals surface area contributed by atoms with E-state index < -0.39 is 0 Å². The van der Waals surface area contributed by atoms with Gasteiger partial charge in [0.1, 0.15) is 5.75 Å². The van der Waals surface area contributed by atoms with Crippen molar-refractivity contribution in [1.29, 1.82) is 0 Å². The highest BCUT2D eigenvalue weighted by Crippen LogP contribution is 2.23. The molecule has 84 valence electrons. The van der Waals surface area contributed by atoms with Crippen molar-refractivity contribution in [2.24, 2.45) is 0 Å². The van der Waals surface area contributed by atoms with Crippen LogP contribution in [0.1, 0.15) is 11.3 Å². The van der Waals surface area contributed by atoms with Crippen molar-refractivity contribution in [3.8, 4) is 5.75 Å².